The molecule has 0 spiro atoms. The van der Waals surface area contributed by atoms with Crippen molar-refractivity contribution in [2.75, 3.05) is 0 Å². The van der Waals surface area contributed by atoms with Crippen molar-refractivity contribution >= 4 is 23.7 Å². The van der Waals surface area contributed by atoms with E-state index in [4.69, 9.17) is 16.6 Å². The molecule has 0 heterocycles. The molecule has 5 atom stereocenters. The maximum absolute atomic E-state index is 12.0. The predicted molar refractivity (Wildman–Crippen MR) is 76.6 cm³/mol. The lowest BCUT2D eigenvalue weighted by molar-refractivity contribution is -0.145. The van der Waals surface area contributed by atoms with Gasteiger partial charge in [0.15, 0.2) is 6.04 Å². The average Bonchev–Trinajstić information content (AvgIpc) is 2.39. The Hall–Kier alpha value is -2.24. The van der Waals surface area contributed by atoms with E-state index in [2.05, 4.69) is 5.32 Å². The zero-order valence-corrected chi connectivity index (χ0v) is 12.7. The number of nitrogens with two attached hydrogens (primary N) is 2. The van der Waals surface area contributed by atoms with Gasteiger partial charge in [-0.1, -0.05) is 0 Å². The Morgan fingerprint density at radius 1 is 0.957 bits per heavy atom. The highest BCUT2D eigenvalue weighted by molar-refractivity contribution is 5.93. The van der Waals surface area contributed by atoms with Crippen molar-refractivity contribution in [1.82, 2.24) is 10.6 Å². The summed E-state index contributed by atoms with van der Waals surface area (Å²) in [7, 11) is 0. The van der Waals surface area contributed by atoms with Crippen LogP contribution in [0, 0.1) is 0 Å². The summed E-state index contributed by atoms with van der Waals surface area (Å²) in [5.74, 6) is -4.28. The lowest BCUT2D eigenvalue weighted by Gasteiger charge is -2.25. The largest absolute Gasteiger partial charge is 0.480 e. The van der Waals surface area contributed by atoms with Gasteiger partial charge in [0, 0.05) is 0 Å². The third-order valence-corrected chi connectivity index (χ3v) is 2.87. The number of rotatable bonds is 9. The van der Waals surface area contributed by atoms with Crippen LogP contribution in [0.25, 0.3) is 0 Å². The van der Waals surface area contributed by atoms with Gasteiger partial charge in [-0.3, -0.25) is 14.4 Å². The van der Waals surface area contributed by atoms with Crippen LogP contribution in [0.2, 0.25) is 0 Å². The van der Waals surface area contributed by atoms with E-state index < -0.39 is 60.4 Å². The molecule has 11 heteroatoms. The zero-order chi connectivity index (χ0) is 18.3. The number of primary amides is 1. The van der Waals surface area contributed by atoms with Gasteiger partial charge in [-0.25, -0.2) is 4.79 Å². The van der Waals surface area contributed by atoms with Gasteiger partial charge in [0.2, 0.25) is 17.7 Å². The Morgan fingerprint density at radius 3 is 1.74 bits per heavy atom. The molecule has 0 aromatic heterocycles. The van der Waals surface area contributed by atoms with Gasteiger partial charge in [-0.05, 0) is 13.8 Å². The quantitative estimate of drug-likeness (QED) is 0.221. The molecule has 0 fully saturated rings. The second-order valence-electron chi connectivity index (χ2n) is 5.07. The third-order valence-electron chi connectivity index (χ3n) is 2.87. The maximum atomic E-state index is 12.0. The summed E-state index contributed by atoms with van der Waals surface area (Å²) in [6.45, 7) is 2.33. The number of aliphatic hydroxyl groups excluding tert-OH is 2. The first-order valence-electron chi connectivity index (χ1n) is 6.71. The predicted octanol–water partition coefficient (Wildman–Crippen LogP) is -4.00. The van der Waals surface area contributed by atoms with Gasteiger partial charge in [0.05, 0.1) is 24.7 Å². The lowest BCUT2D eigenvalue weighted by atomic mass is 10.1. The van der Waals surface area contributed by atoms with E-state index in [0.717, 1.165) is 6.92 Å². The Bertz CT molecular complexity index is 466. The Balaban J connectivity index is 4.97. The second-order valence-corrected chi connectivity index (χ2v) is 5.07. The van der Waals surface area contributed by atoms with Crippen LogP contribution in [0.3, 0.4) is 0 Å². The van der Waals surface area contributed by atoms with Crippen LogP contribution in [0.1, 0.15) is 20.3 Å². The van der Waals surface area contributed by atoms with E-state index in [1.807, 2.05) is 5.32 Å². The fraction of sp³-hybridized carbons (Fsp3) is 0.667. The summed E-state index contributed by atoms with van der Waals surface area (Å²) in [5, 5.41) is 31.8. The minimum absolute atomic E-state index is 0.467. The Labute approximate surface area is 132 Å². The summed E-state index contributed by atoms with van der Waals surface area (Å²) in [4.78, 5) is 45.4. The van der Waals surface area contributed by atoms with E-state index >= 15 is 0 Å². The first kappa shape index (κ1) is 20.8. The molecule has 3 amide bonds. The number of carboxylic acid groups (broad SMARTS) is 1. The van der Waals surface area contributed by atoms with Crippen LogP contribution in [0.4, 0.5) is 0 Å². The molecular formula is C12H22N4O7. The number of amides is 3. The van der Waals surface area contributed by atoms with E-state index in [1.165, 1.54) is 6.92 Å². The van der Waals surface area contributed by atoms with Crippen LogP contribution < -0.4 is 22.1 Å². The molecule has 0 aromatic rings. The lowest BCUT2D eigenvalue weighted by Crippen LogP contribution is -2.59. The summed E-state index contributed by atoms with van der Waals surface area (Å²) < 4.78 is 0. The van der Waals surface area contributed by atoms with Crippen molar-refractivity contribution in [3.8, 4) is 0 Å². The number of nitrogens with one attached hydrogen (secondary N) is 2. The fourth-order valence-electron chi connectivity index (χ4n) is 1.61. The number of hydrogen-bond donors (Lipinski definition) is 7. The highest BCUT2D eigenvalue weighted by Gasteiger charge is 2.32. The van der Waals surface area contributed by atoms with Gasteiger partial charge >= 0.3 is 5.97 Å². The number of carbonyl (C=O) groups is 4. The first-order valence-corrected chi connectivity index (χ1v) is 6.71. The number of hydrogen-bond acceptors (Lipinski definition) is 7. The molecule has 0 aliphatic heterocycles. The molecule has 0 radical (unpaired) electrons. The van der Waals surface area contributed by atoms with Crippen LogP contribution in [-0.2, 0) is 19.2 Å². The van der Waals surface area contributed by atoms with Crippen molar-refractivity contribution in [2.45, 2.75) is 50.6 Å². The van der Waals surface area contributed by atoms with Crippen LogP contribution in [0.5, 0.6) is 0 Å². The molecule has 23 heavy (non-hydrogen) atoms. The number of aliphatic hydroxyl groups is 2. The maximum Gasteiger partial charge on any atom is 0.328 e. The van der Waals surface area contributed by atoms with E-state index in [0.29, 0.717) is 0 Å². The van der Waals surface area contributed by atoms with Crippen LogP contribution >= 0.6 is 0 Å². The third kappa shape index (κ3) is 7.04. The molecule has 11 nitrogen and oxygen atoms in total. The second kappa shape index (κ2) is 9.02. The van der Waals surface area contributed by atoms with Crippen LogP contribution in [-0.4, -0.2) is 69.3 Å². The van der Waals surface area contributed by atoms with E-state index in [1.54, 1.807) is 0 Å². The Morgan fingerprint density at radius 2 is 1.39 bits per heavy atom. The Kier molecular flexibility index (Phi) is 8.15. The van der Waals surface area contributed by atoms with Gasteiger partial charge in [0.1, 0.15) is 6.04 Å². The standard InChI is InChI=1S/C12H22N4O7/c1-4(17)8(15-10(20)6(13)3-7(14)19)11(21)16-9(5(2)18)12(22)23/h4-6,8-9,17-18H,3,13H2,1-2H3,(H2,14,19)(H,15,20)(H,16,21)(H,22,23). The zero-order valence-electron chi connectivity index (χ0n) is 12.7. The molecule has 0 saturated heterocycles. The number of aliphatic carboxylic acids is 1. The van der Waals surface area contributed by atoms with Gasteiger partial charge < -0.3 is 37.4 Å². The molecule has 9 N–H and O–H groups in total. The minimum Gasteiger partial charge on any atom is -0.480 e. The van der Waals surface area contributed by atoms with Crippen LogP contribution in [0.15, 0.2) is 0 Å². The number of carbonyl (C=O) groups excluding carboxylic acids is 3. The van der Waals surface area contributed by atoms with Gasteiger partial charge in [0.25, 0.3) is 0 Å². The first-order chi connectivity index (χ1) is 10.5. The summed E-state index contributed by atoms with van der Waals surface area (Å²) >= 11 is 0. The van der Waals surface area contributed by atoms with Crippen molar-refractivity contribution in [1.29, 1.82) is 0 Å². The minimum atomic E-state index is -1.63. The fourth-order valence-corrected chi connectivity index (χ4v) is 1.61. The molecule has 0 bridgehead atoms. The molecule has 0 aliphatic carbocycles. The average molecular weight is 334 g/mol. The van der Waals surface area contributed by atoms with Crippen molar-refractivity contribution in [3.05, 3.63) is 0 Å². The molecule has 5 unspecified atom stereocenters. The summed E-state index contributed by atoms with van der Waals surface area (Å²) in [6.07, 6.45) is -3.26. The molecular weight excluding hydrogens is 312 g/mol. The van der Waals surface area contributed by atoms with Crippen molar-refractivity contribution < 1.29 is 34.5 Å². The van der Waals surface area contributed by atoms with E-state index in [9.17, 15) is 29.4 Å². The highest BCUT2D eigenvalue weighted by Crippen LogP contribution is 2.00. The molecule has 0 aliphatic rings. The summed E-state index contributed by atoms with van der Waals surface area (Å²) in [6, 6.07) is -4.48. The summed E-state index contributed by atoms with van der Waals surface area (Å²) in [5.41, 5.74) is 10.3. The number of carboxylic acids is 1. The smallest absolute Gasteiger partial charge is 0.328 e. The monoisotopic (exact) mass is 334 g/mol. The van der Waals surface area contributed by atoms with E-state index in [-0.39, 0.29) is 0 Å². The molecule has 0 saturated carbocycles. The topological polar surface area (TPSA) is 205 Å². The van der Waals surface area contributed by atoms with Crippen molar-refractivity contribution in [3.63, 3.8) is 0 Å². The normalized spacial score (nSPS) is 17.3. The van der Waals surface area contributed by atoms with Gasteiger partial charge in [-0.15, -0.1) is 0 Å². The van der Waals surface area contributed by atoms with Gasteiger partial charge in [-0.2, -0.15) is 0 Å². The highest BCUT2D eigenvalue weighted by atomic mass is 16.4. The molecule has 132 valence electrons. The molecule has 0 aromatic carbocycles. The molecule has 0 rings (SSSR count). The van der Waals surface area contributed by atoms with Crippen molar-refractivity contribution in [2.24, 2.45) is 11.5 Å². The SMILES string of the molecule is CC(O)C(NC(=O)C(NC(=O)C(N)CC(N)=O)C(C)O)C(=O)O.